The van der Waals surface area contributed by atoms with Crippen molar-refractivity contribution in [3.8, 4) is 0 Å². The molecule has 0 aliphatic carbocycles. The molecule has 0 saturated carbocycles. The van der Waals surface area contributed by atoms with E-state index in [0.717, 1.165) is 17.0 Å². The number of benzene rings is 1. The van der Waals surface area contributed by atoms with Crippen molar-refractivity contribution in [2.75, 3.05) is 0 Å². The Balaban J connectivity index is 2.19. The molecule has 0 fully saturated rings. The number of rotatable bonds is 3. The van der Waals surface area contributed by atoms with Crippen LogP contribution < -0.4 is 4.87 Å². The van der Waals surface area contributed by atoms with Crippen LogP contribution in [-0.4, -0.2) is 14.5 Å². The Hall–Kier alpha value is -1.18. The molecule has 0 bridgehead atoms. The zero-order valence-electron chi connectivity index (χ0n) is 10.9. The summed E-state index contributed by atoms with van der Waals surface area (Å²) < 4.78 is 16.0. The number of hydrogen-bond donors (Lipinski definition) is 1. The molecule has 2 heterocycles. The zero-order valence-corrected chi connectivity index (χ0v) is 14.0. The van der Waals surface area contributed by atoms with Crippen LogP contribution >= 0.6 is 38.9 Å². The van der Waals surface area contributed by atoms with Gasteiger partial charge in [0, 0.05) is 17.1 Å². The molecule has 0 spiro atoms. The number of nitrogens with one attached hydrogen (secondary N) is 1. The number of aromatic amines is 1. The van der Waals surface area contributed by atoms with E-state index in [0.29, 0.717) is 27.9 Å². The van der Waals surface area contributed by atoms with Gasteiger partial charge in [0.05, 0.1) is 27.4 Å². The lowest BCUT2D eigenvalue weighted by Crippen LogP contribution is -2.07. The predicted molar refractivity (Wildman–Crippen MR) is 85.7 cm³/mol. The molecule has 0 saturated heterocycles. The van der Waals surface area contributed by atoms with E-state index in [2.05, 4.69) is 25.9 Å². The van der Waals surface area contributed by atoms with Crippen LogP contribution in [0.2, 0.25) is 0 Å². The molecule has 1 aromatic carbocycles. The van der Waals surface area contributed by atoms with E-state index >= 15 is 0 Å². The third-order valence-electron chi connectivity index (χ3n) is 3.07. The number of alkyl halides is 1. The highest BCUT2D eigenvalue weighted by Crippen LogP contribution is 2.28. The van der Waals surface area contributed by atoms with Crippen LogP contribution in [0.1, 0.15) is 23.8 Å². The summed E-state index contributed by atoms with van der Waals surface area (Å²) in [5, 5.41) is 1.41. The van der Waals surface area contributed by atoms with Crippen LogP contribution in [0.15, 0.2) is 26.8 Å². The predicted octanol–water partition coefficient (Wildman–Crippen LogP) is 4.04. The monoisotopic (exact) mass is 389 g/mol. The van der Waals surface area contributed by atoms with Crippen LogP contribution in [0.5, 0.6) is 0 Å². The lowest BCUT2D eigenvalue weighted by molar-refractivity contribution is 0.621. The largest absolute Gasteiger partial charge is 0.321 e. The Bertz CT molecular complexity index is 870. The maximum Gasteiger partial charge on any atom is 0.304 e. The number of nitrogens with zero attached hydrogens (tertiary/aromatic N) is 2. The lowest BCUT2D eigenvalue weighted by atomic mass is 10.3. The van der Waals surface area contributed by atoms with Crippen LogP contribution in [0.25, 0.3) is 11.0 Å². The highest BCUT2D eigenvalue weighted by Gasteiger charge is 2.17. The molecule has 1 N–H and O–H groups in total. The molecule has 0 radical (unpaired) electrons. The van der Waals surface area contributed by atoms with Crippen LogP contribution in [0, 0.1) is 5.82 Å². The first-order valence-electron chi connectivity index (χ1n) is 6.11. The molecule has 8 heteroatoms. The minimum absolute atomic E-state index is 0.121. The Kier molecular flexibility index (Phi) is 3.90. The minimum Gasteiger partial charge on any atom is -0.321 e. The molecule has 1 unspecified atom stereocenters. The third kappa shape index (κ3) is 2.77. The molecule has 110 valence electrons. The van der Waals surface area contributed by atoms with Gasteiger partial charge < -0.3 is 9.55 Å². The quantitative estimate of drug-likeness (QED) is 0.686. The standard InChI is InChI=1S/C13H10BrClFN3OS/c1-6(15)12-18-10-2-8(14)9(16)3-11(10)19(12)4-7-5-21-13(20)17-7/h2-3,5-6H,4H2,1H3,(H,17,20). The molecular weight excluding hydrogens is 381 g/mol. The molecular formula is C13H10BrClFN3OS. The van der Waals surface area contributed by atoms with E-state index in [4.69, 9.17) is 11.6 Å². The number of H-pyrrole nitrogens is 1. The third-order valence-corrected chi connectivity index (χ3v) is 4.60. The first-order valence-corrected chi connectivity index (χ1v) is 8.22. The van der Waals surface area contributed by atoms with E-state index in [1.165, 1.54) is 6.07 Å². The van der Waals surface area contributed by atoms with Crippen LogP contribution in [0.3, 0.4) is 0 Å². The second kappa shape index (κ2) is 5.55. The second-order valence-electron chi connectivity index (χ2n) is 4.60. The summed E-state index contributed by atoms with van der Waals surface area (Å²) in [6.45, 7) is 2.20. The summed E-state index contributed by atoms with van der Waals surface area (Å²) in [4.78, 5) is 18.3. The van der Waals surface area contributed by atoms with Gasteiger partial charge in [-0.05, 0) is 28.9 Å². The van der Waals surface area contributed by atoms with Crippen LogP contribution in [-0.2, 0) is 6.54 Å². The number of aromatic nitrogens is 3. The smallest absolute Gasteiger partial charge is 0.304 e. The van der Waals surface area contributed by atoms with Gasteiger partial charge in [0.2, 0.25) is 0 Å². The van der Waals surface area contributed by atoms with Crippen molar-refractivity contribution in [3.63, 3.8) is 0 Å². The summed E-state index contributed by atoms with van der Waals surface area (Å²) in [5.74, 6) is 0.271. The summed E-state index contributed by atoms with van der Waals surface area (Å²) in [6, 6.07) is 3.04. The van der Waals surface area contributed by atoms with Gasteiger partial charge in [-0.2, -0.15) is 0 Å². The SMILES string of the molecule is CC(Cl)c1nc2cc(Br)c(F)cc2n1Cc1csc(=O)[nH]1. The van der Waals surface area contributed by atoms with Crippen molar-refractivity contribution in [2.24, 2.45) is 0 Å². The summed E-state index contributed by atoms with van der Waals surface area (Å²) >= 11 is 10.4. The fourth-order valence-electron chi connectivity index (χ4n) is 2.17. The molecule has 4 nitrogen and oxygen atoms in total. The molecule has 3 rings (SSSR count). The number of halogens is 3. The molecule has 1 atom stereocenters. The zero-order chi connectivity index (χ0) is 15.1. The minimum atomic E-state index is -0.365. The number of thiazole rings is 1. The van der Waals surface area contributed by atoms with Gasteiger partial charge in [-0.1, -0.05) is 11.3 Å². The molecule has 0 aliphatic rings. The molecule has 21 heavy (non-hydrogen) atoms. The van der Waals surface area contributed by atoms with Gasteiger partial charge in [-0.3, -0.25) is 4.79 Å². The van der Waals surface area contributed by atoms with E-state index in [-0.39, 0.29) is 16.1 Å². The maximum absolute atomic E-state index is 13.8. The van der Waals surface area contributed by atoms with Gasteiger partial charge in [-0.15, -0.1) is 11.6 Å². The Morgan fingerprint density at radius 1 is 1.57 bits per heavy atom. The number of imidazole rings is 1. The van der Waals surface area contributed by atoms with E-state index in [1.807, 2.05) is 4.57 Å². The van der Waals surface area contributed by atoms with E-state index in [9.17, 15) is 9.18 Å². The van der Waals surface area contributed by atoms with Gasteiger partial charge >= 0.3 is 4.87 Å². The van der Waals surface area contributed by atoms with E-state index < -0.39 is 0 Å². The average molecular weight is 391 g/mol. The summed E-state index contributed by atoms with van der Waals surface area (Å²) in [6.07, 6.45) is 0. The number of hydrogen-bond acceptors (Lipinski definition) is 3. The molecule has 2 aromatic heterocycles. The van der Waals surface area contributed by atoms with Crippen molar-refractivity contribution in [3.05, 3.63) is 49.0 Å². The fraction of sp³-hybridized carbons (Fsp3) is 0.231. The van der Waals surface area contributed by atoms with Crippen LogP contribution in [0.4, 0.5) is 4.39 Å². The average Bonchev–Trinajstić information content (AvgIpc) is 2.96. The maximum atomic E-state index is 13.8. The molecule has 3 aromatic rings. The van der Waals surface area contributed by atoms with Gasteiger partial charge in [0.25, 0.3) is 0 Å². The van der Waals surface area contributed by atoms with Crippen molar-refractivity contribution in [1.29, 1.82) is 0 Å². The first kappa shape index (κ1) is 14.7. The van der Waals surface area contributed by atoms with Crippen molar-refractivity contribution >= 4 is 49.9 Å². The highest BCUT2D eigenvalue weighted by molar-refractivity contribution is 9.10. The first-order chi connectivity index (χ1) is 9.95. The second-order valence-corrected chi connectivity index (χ2v) is 6.95. The fourth-order valence-corrected chi connectivity index (χ4v) is 3.24. The Morgan fingerprint density at radius 2 is 2.33 bits per heavy atom. The van der Waals surface area contributed by atoms with Crippen molar-refractivity contribution in [1.82, 2.24) is 14.5 Å². The van der Waals surface area contributed by atoms with Crippen molar-refractivity contribution in [2.45, 2.75) is 18.8 Å². The van der Waals surface area contributed by atoms with E-state index in [1.54, 1.807) is 18.4 Å². The molecule has 0 amide bonds. The normalized spacial score (nSPS) is 13.0. The topological polar surface area (TPSA) is 50.7 Å². The highest BCUT2D eigenvalue weighted by atomic mass is 79.9. The van der Waals surface area contributed by atoms with Crippen molar-refractivity contribution < 1.29 is 4.39 Å². The Labute approximate surface area is 136 Å². The van der Waals surface area contributed by atoms with Gasteiger partial charge in [0.15, 0.2) is 0 Å². The van der Waals surface area contributed by atoms with Gasteiger partial charge in [-0.25, -0.2) is 9.37 Å². The molecule has 0 aliphatic heterocycles. The Morgan fingerprint density at radius 3 is 2.95 bits per heavy atom. The summed E-state index contributed by atoms with van der Waals surface area (Å²) in [5.41, 5.74) is 2.04. The lowest BCUT2D eigenvalue weighted by Gasteiger charge is -2.09. The number of fused-ring (bicyclic) bond motifs is 1. The van der Waals surface area contributed by atoms with Gasteiger partial charge in [0.1, 0.15) is 11.6 Å². The summed E-state index contributed by atoms with van der Waals surface area (Å²) in [7, 11) is 0.